The molecule has 1 aromatic heterocycles. The Morgan fingerprint density at radius 3 is 2.57 bits per heavy atom. The molecule has 0 aliphatic carbocycles. The van der Waals surface area contributed by atoms with Crippen LogP contribution in [-0.2, 0) is 11.3 Å². The highest BCUT2D eigenvalue weighted by Crippen LogP contribution is 2.33. The van der Waals surface area contributed by atoms with Crippen LogP contribution in [-0.4, -0.2) is 34.2 Å². The highest BCUT2D eigenvalue weighted by atomic mass is 16.6. The number of amides is 1. The molecule has 5 nitrogen and oxygen atoms in total. The normalized spacial score (nSPS) is 18.2. The molecule has 1 saturated heterocycles. The van der Waals surface area contributed by atoms with Crippen molar-refractivity contribution in [3.8, 4) is 0 Å². The van der Waals surface area contributed by atoms with E-state index in [0.29, 0.717) is 11.9 Å². The standard InChI is InChI=1S/C25H35N3O2/c1-6-19(2)28(24(29)30-25(3,4)5)23-15-14-21(17-26-23)22-13-10-16-27(22)18-20-11-8-7-9-12-20/h7-9,11-12,14-15,17,19,22H,6,10,13,16,18H2,1-5H3/t19-,22+/m1/s1. The topological polar surface area (TPSA) is 45.7 Å². The second kappa shape index (κ2) is 9.61. The van der Waals surface area contributed by atoms with Crippen LogP contribution in [0, 0.1) is 0 Å². The lowest BCUT2D eigenvalue weighted by molar-refractivity contribution is 0.0566. The van der Waals surface area contributed by atoms with Crippen molar-refractivity contribution in [1.29, 1.82) is 0 Å². The van der Waals surface area contributed by atoms with Crippen LogP contribution >= 0.6 is 0 Å². The van der Waals surface area contributed by atoms with Gasteiger partial charge >= 0.3 is 6.09 Å². The van der Waals surface area contributed by atoms with Gasteiger partial charge in [-0.25, -0.2) is 9.78 Å². The smallest absolute Gasteiger partial charge is 0.416 e. The van der Waals surface area contributed by atoms with Crippen molar-refractivity contribution in [1.82, 2.24) is 9.88 Å². The first kappa shape index (κ1) is 22.3. The lowest BCUT2D eigenvalue weighted by Gasteiger charge is -2.31. The van der Waals surface area contributed by atoms with Crippen LogP contribution in [0.2, 0.25) is 0 Å². The third-order valence-electron chi connectivity index (χ3n) is 5.62. The fraction of sp³-hybridized carbons (Fsp3) is 0.520. The third-order valence-corrected chi connectivity index (χ3v) is 5.62. The maximum atomic E-state index is 12.8. The Bertz CT molecular complexity index is 815. The van der Waals surface area contributed by atoms with E-state index >= 15 is 0 Å². The summed E-state index contributed by atoms with van der Waals surface area (Å²) in [6.45, 7) is 11.8. The number of anilines is 1. The molecule has 0 bridgehead atoms. The number of carbonyl (C=O) groups excluding carboxylic acids is 1. The van der Waals surface area contributed by atoms with Crippen molar-refractivity contribution < 1.29 is 9.53 Å². The lowest BCUT2D eigenvalue weighted by Crippen LogP contribution is -2.42. The Labute approximate surface area is 181 Å². The van der Waals surface area contributed by atoms with E-state index in [2.05, 4.69) is 53.2 Å². The highest BCUT2D eigenvalue weighted by Gasteiger charge is 2.29. The van der Waals surface area contributed by atoms with Crippen LogP contribution in [0.3, 0.4) is 0 Å². The van der Waals surface area contributed by atoms with E-state index in [1.165, 1.54) is 17.5 Å². The van der Waals surface area contributed by atoms with Crippen molar-refractivity contribution in [2.75, 3.05) is 11.4 Å². The second-order valence-corrected chi connectivity index (χ2v) is 9.17. The van der Waals surface area contributed by atoms with Crippen molar-refractivity contribution in [3.05, 3.63) is 59.8 Å². The maximum absolute atomic E-state index is 12.8. The minimum atomic E-state index is -0.537. The summed E-state index contributed by atoms with van der Waals surface area (Å²) in [7, 11) is 0. The van der Waals surface area contributed by atoms with Crippen molar-refractivity contribution in [2.45, 2.75) is 78.1 Å². The molecule has 162 valence electrons. The van der Waals surface area contributed by atoms with Gasteiger partial charge in [-0.05, 0) is 70.7 Å². The zero-order valence-corrected chi connectivity index (χ0v) is 19.0. The van der Waals surface area contributed by atoms with Crippen molar-refractivity contribution in [3.63, 3.8) is 0 Å². The van der Waals surface area contributed by atoms with Crippen molar-refractivity contribution >= 4 is 11.9 Å². The molecular formula is C25H35N3O2. The Kier molecular flexibility index (Phi) is 7.14. The second-order valence-electron chi connectivity index (χ2n) is 9.17. The number of carbonyl (C=O) groups is 1. The van der Waals surface area contributed by atoms with E-state index in [0.717, 1.165) is 25.9 Å². The average Bonchev–Trinajstić information content (AvgIpc) is 3.16. The zero-order valence-electron chi connectivity index (χ0n) is 19.0. The number of hydrogen-bond acceptors (Lipinski definition) is 4. The van der Waals surface area contributed by atoms with Gasteiger partial charge < -0.3 is 4.74 Å². The van der Waals surface area contributed by atoms with Gasteiger partial charge in [-0.1, -0.05) is 43.3 Å². The van der Waals surface area contributed by atoms with E-state index in [-0.39, 0.29) is 12.1 Å². The van der Waals surface area contributed by atoms with E-state index in [1.54, 1.807) is 4.90 Å². The highest BCUT2D eigenvalue weighted by molar-refractivity contribution is 5.87. The van der Waals surface area contributed by atoms with Gasteiger partial charge in [0.1, 0.15) is 11.4 Å². The molecule has 2 aromatic rings. The molecule has 1 aliphatic heterocycles. The van der Waals surface area contributed by atoms with Gasteiger partial charge in [-0.3, -0.25) is 9.80 Å². The number of benzene rings is 1. The Hall–Kier alpha value is -2.40. The Morgan fingerprint density at radius 1 is 1.23 bits per heavy atom. The zero-order chi connectivity index (χ0) is 21.7. The summed E-state index contributed by atoms with van der Waals surface area (Å²) in [5, 5.41) is 0. The van der Waals surface area contributed by atoms with Crippen LogP contribution in [0.15, 0.2) is 48.7 Å². The Balaban J connectivity index is 1.77. The molecular weight excluding hydrogens is 374 g/mol. The van der Waals surface area contributed by atoms with E-state index < -0.39 is 5.60 Å². The summed E-state index contributed by atoms with van der Waals surface area (Å²) in [5.41, 5.74) is 2.01. The van der Waals surface area contributed by atoms with E-state index in [1.807, 2.05) is 40.0 Å². The summed E-state index contributed by atoms with van der Waals surface area (Å²) < 4.78 is 5.63. The number of rotatable bonds is 6. The molecule has 3 rings (SSSR count). The number of hydrogen-bond donors (Lipinski definition) is 0. The van der Waals surface area contributed by atoms with Gasteiger partial charge in [0.25, 0.3) is 0 Å². The fourth-order valence-electron chi connectivity index (χ4n) is 3.94. The molecule has 2 heterocycles. The molecule has 0 saturated carbocycles. The van der Waals surface area contributed by atoms with Crippen LogP contribution in [0.5, 0.6) is 0 Å². The summed E-state index contributed by atoms with van der Waals surface area (Å²) in [4.78, 5) is 21.7. The minimum absolute atomic E-state index is 0.0132. The molecule has 0 unspecified atom stereocenters. The van der Waals surface area contributed by atoms with Gasteiger partial charge in [0.05, 0.1) is 0 Å². The number of nitrogens with zero attached hydrogens (tertiary/aromatic N) is 3. The predicted octanol–water partition coefficient (Wildman–Crippen LogP) is 5.96. The number of likely N-dealkylation sites (tertiary alicyclic amines) is 1. The SMILES string of the molecule is CC[C@@H](C)N(C(=O)OC(C)(C)C)c1ccc([C@@H]2CCCN2Cc2ccccc2)cn1. The molecule has 0 radical (unpaired) electrons. The first-order chi connectivity index (χ1) is 14.3. The molecule has 1 fully saturated rings. The molecule has 1 aromatic carbocycles. The summed E-state index contributed by atoms with van der Waals surface area (Å²) in [6.07, 6.45) is 4.74. The van der Waals surface area contributed by atoms with E-state index in [9.17, 15) is 4.79 Å². The van der Waals surface area contributed by atoms with Crippen LogP contribution in [0.4, 0.5) is 10.6 Å². The largest absolute Gasteiger partial charge is 0.443 e. The predicted molar refractivity (Wildman–Crippen MR) is 122 cm³/mol. The van der Waals surface area contributed by atoms with Crippen LogP contribution < -0.4 is 4.90 Å². The van der Waals surface area contributed by atoms with Crippen LogP contribution in [0.25, 0.3) is 0 Å². The Morgan fingerprint density at radius 2 is 1.97 bits per heavy atom. The number of ether oxygens (including phenoxy) is 1. The molecule has 0 spiro atoms. The van der Waals surface area contributed by atoms with E-state index in [4.69, 9.17) is 4.74 Å². The summed E-state index contributed by atoms with van der Waals surface area (Å²) in [5.74, 6) is 0.648. The first-order valence-electron chi connectivity index (χ1n) is 11.0. The van der Waals surface area contributed by atoms with Gasteiger partial charge in [0.2, 0.25) is 0 Å². The molecule has 5 heteroatoms. The first-order valence-corrected chi connectivity index (χ1v) is 11.0. The molecule has 30 heavy (non-hydrogen) atoms. The molecule has 0 N–H and O–H groups in total. The van der Waals surface area contributed by atoms with Gasteiger partial charge in [-0.2, -0.15) is 0 Å². The number of pyridine rings is 1. The summed E-state index contributed by atoms with van der Waals surface area (Å²) >= 11 is 0. The van der Waals surface area contributed by atoms with Gasteiger partial charge in [-0.15, -0.1) is 0 Å². The molecule has 1 amide bonds. The average molecular weight is 410 g/mol. The lowest BCUT2D eigenvalue weighted by atomic mass is 10.1. The van der Waals surface area contributed by atoms with Crippen molar-refractivity contribution in [2.24, 2.45) is 0 Å². The minimum Gasteiger partial charge on any atom is -0.443 e. The molecule has 2 atom stereocenters. The quantitative estimate of drug-likeness (QED) is 0.591. The maximum Gasteiger partial charge on any atom is 0.416 e. The van der Waals surface area contributed by atoms with Gasteiger partial charge in [0.15, 0.2) is 0 Å². The third kappa shape index (κ3) is 5.60. The number of aromatic nitrogens is 1. The monoisotopic (exact) mass is 409 g/mol. The summed E-state index contributed by atoms with van der Waals surface area (Å²) in [6, 6.07) is 15.1. The fourth-order valence-corrected chi connectivity index (χ4v) is 3.94. The van der Waals surface area contributed by atoms with Crippen LogP contribution in [0.1, 0.15) is 71.0 Å². The van der Waals surface area contributed by atoms with Gasteiger partial charge in [0, 0.05) is 24.8 Å². The molecule has 1 aliphatic rings.